The molecular weight excluding hydrogens is 139 g/mol. The summed E-state index contributed by atoms with van der Waals surface area (Å²) in [6.45, 7) is 7.82. The van der Waals surface area contributed by atoms with E-state index in [0.717, 1.165) is 0 Å². The van der Waals surface area contributed by atoms with E-state index in [1.54, 1.807) is 6.08 Å². The third kappa shape index (κ3) is 5.84. The molecule has 0 aliphatic carbocycles. The molecule has 0 bridgehead atoms. The maximum Gasteiger partial charge on any atom is 0.102 e. The molecule has 64 valence electrons. The summed E-state index contributed by atoms with van der Waals surface area (Å²) >= 11 is 0. The molecule has 1 heteroatoms. The van der Waals surface area contributed by atoms with Crippen molar-refractivity contribution in [3.8, 4) is 0 Å². The fraction of sp³-hybridized carbons (Fsp3) is 0.600. The van der Waals surface area contributed by atoms with Crippen molar-refractivity contribution in [1.29, 1.82) is 0 Å². The van der Waals surface area contributed by atoms with Gasteiger partial charge in [-0.2, -0.15) is 0 Å². The first kappa shape index (κ1) is 10.4. The molecule has 0 saturated carbocycles. The van der Waals surface area contributed by atoms with Crippen molar-refractivity contribution in [3.05, 3.63) is 24.1 Å². The van der Waals surface area contributed by atoms with E-state index < -0.39 is 0 Å². The fourth-order valence-corrected chi connectivity index (χ4v) is 0.562. The zero-order chi connectivity index (χ0) is 8.85. The van der Waals surface area contributed by atoms with Crippen LogP contribution < -0.4 is 0 Å². The lowest BCUT2D eigenvalue weighted by Gasteiger charge is -1.97. The normalized spacial score (nSPS) is 13.9. The van der Waals surface area contributed by atoms with Crippen LogP contribution in [0.15, 0.2) is 24.1 Å². The minimum Gasteiger partial charge on any atom is -0.212 e. The monoisotopic (exact) mass is 156 g/mol. The smallest absolute Gasteiger partial charge is 0.102 e. The molecular formula is C10H17F. The Balaban J connectivity index is 3.91. The standard InChI is InChI=1S/C10H17F/c1-8(2)6-5-7-10(11)9(3)4/h5-9H,1-4H3. The van der Waals surface area contributed by atoms with Crippen LogP contribution in [-0.2, 0) is 0 Å². The molecule has 11 heavy (non-hydrogen) atoms. The molecule has 0 spiro atoms. The average molecular weight is 156 g/mol. The summed E-state index contributed by atoms with van der Waals surface area (Å²) in [4.78, 5) is 0. The molecule has 0 saturated heterocycles. The van der Waals surface area contributed by atoms with Gasteiger partial charge in [-0.05, 0) is 12.0 Å². The van der Waals surface area contributed by atoms with Crippen LogP contribution in [0.5, 0.6) is 0 Å². The molecule has 0 heterocycles. The molecule has 0 radical (unpaired) electrons. The van der Waals surface area contributed by atoms with Crippen molar-refractivity contribution in [2.45, 2.75) is 27.7 Å². The summed E-state index contributed by atoms with van der Waals surface area (Å²) in [6.07, 6.45) is 5.28. The van der Waals surface area contributed by atoms with Crippen LogP contribution in [0.1, 0.15) is 27.7 Å². The first-order valence-electron chi connectivity index (χ1n) is 4.08. The van der Waals surface area contributed by atoms with E-state index in [1.807, 2.05) is 19.9 Å². The van der Waals surface area contributed by atoms with E-state index in [0.29, 0.717) is 5.92 Å². The summed E-state index contributed by atoms with van der Waals surface area (Å²) in [5.74, 6) is 0.444. The molecule has 0 amide bonds. The van der Waals surface area contributed by atoms with Crippen molar-refractivity contribution in [2.75, 3.05) is 0 Å². The Morgan fingerprint density at radius 3 is 2.09 bits per heavy atom. The fourth-order valence-electron chi connectivity index (χ4n) is 0.562. The summed E-state index contributed by atoms with van der Waals surface area (Å²) in [6, 6.07) is 0. The van der Waals surface area contributed by atoms with Crippen molar-refractivity contribution >= 4 is 0 Å². The van der Waals surface area contributed by atoms with Crippen LogP contribution >= 0.6 is 0 Å². The second kappa shape index (κ2) is 5.11. The van der Waals surface area contributed by atoms with Crippen LogP contribution in [0.3, 0.4) is 0 Å². The van der Waals surface area contributed by atoms with Gasteiger partial charge in [-0.3, -0.25) is 0 Å². The molecule has 0 nitrogen and oxygen atoms in total. The van der Waals surface area contributed by atoms with Gasteiger partial charge in [-0.1, -0.05) is 39.8 Å². The number of allylic oxidation sites excluding steroid dienone is 4. The highest BCUT2D eigenvalue weighted by Crippen LogP contribution is 2.10. The maximum atomic E-state index is 12.8. The molecule has 0 aliphatic heterocycles. The Kier molecular flexibility index (Phi) is 4.84. The lowest BCUT2D eigenvalue weighted by atomic mass is 10.1. The maximum absolute atomic E-state index is 12.8. The third-order valence-corrected chi connectivity index (χ3v) is 1.30. The zero-order valence-corrected chi connectivity index (χ0v) is 7.76. The predicted octanol–water partition coefficient (Wildman–Crippen LogP) is 3.71. The molecule has 0 aromatic rings. The lowest BCUT2D eigenvalue weighted by molar-refractivity contribution is 0.520. The SMILES string of the molecule is CC(C)C=CC=C(F)C(C)C. The Labute approximate surface area is 68.8 Å². The van der Waals surface area contributed by atoms with Crippen LogP contribution in [-0.4, -0.2) is 0 Å². The van der Waals surface area contributed by atoms with E-state index in [4.69, 9.17) is 0 Å². The highest BCUT2D eigenvalue weighted by molar-refractivity contribution is 5.08. The highest BCUT2D eigenvalue weighted by Gasteiger charge is 1.97. The summed E-state index contributed by atoms with van der Waals surface area (Å²) in [7, 11) is 0. The minimum absolute atomic E-state index is 0.00631. The van der Waals surface area contributed by atoms with Crippen LogP contribution in [0.4, 0.5) is 4.39 Å². The Bertz CT molecular complexity index is 152. The predicted molar refractivity (Wildman–Crippen MR) is 48.0 cm³/mol. The van der Waals surface area contributed by atoms with E-state index in [2.05, 4.69) is 13.8 Å². The van der Waals surface area contributed by atoms with Crippen molar-refractivity contribution in [1.82, 2.24) is 0 Å². The average Bonchev–Trinajstić information content (AvgIpc) is 1.86. The number of hydrogen-bond acceptors (Lipinski definition) is 0. The number of halogens is 1. The van der Waals surface area contributed by atoms with Crippen molar-refractivity contribution in [3.63, 3.8) is 0 Å². The lowest BCUT2D eigenvalue weighted by Crippen LogP contribution is -1.85. The van der Waals surface area contributed by atoms with Gasteiger partial charge in [0.1, 0.15) is 5.83 Å². The summed E-state index contributed by atoms with van der Waals surface area (Å²) < 4.78 is 12.8. The van der Waals surface area contributed by atoms with Gasteiger partial charge in [-0.15, -0.1) is 0 Å². The third-order valence-electron chi connectivity index (χ3n) is 1.30. The van der Waals surface area contributed by atoms with Crippen molar-refractivity contribution < 1.29 is 4.39 Å². The van der Waals surface area contributed by atoms with Crippen LogP contribution in [0, 0.1) is 11.8 Å². The number of hydrogen-bond donors (Lipinski definition) is 0. The Morgan fingerprint density at radius 1 is 1.18 bits per heavy atom. The van der Waals surface area contributed by atoms with Gasteiger partial charge in [0, 0.05) is 5.92 Å². The van der Waals surface area contributed by atoms with Crippen molar-refractivity contribution in [2.24, 2.45) is 11.8 Å². The van der Waals surface area contributed by atoms with Crippen LogP contribution in [0.25, 0.3) is 0 Å². The molecule has 0 aliphatic rings. The zero-order valence-electron chi connectivity index (χ0n) is 7.76. The van der Waals surface area contributed by atoms with E-state index in [9.17, 15) is 4.39 Å². The van der Waals surface area contributed by atoms with Gasteiger partial charge in [0.25, 0.3) is 0 Å². The van der Waals surface area contributed by atoms with E-state index >= 15 is 0 Å². The van der Waals surface area contributed by atoms with Gasteiger partial charge in [0.15, 0.2) is 0 Å². The minimum atomic E-state index is -0.0538. The van der Waals surface area contributed by atoms with Gasteiger partial charge in [-0.25, -0.2) is 4.39 Å². The quantitative estimate of drug-likeness (QED) is 0.546. The largest absolute Gasteiger partial charge is 0.212 e. The van der Waals surface area contributed by atoms with E-state index in [-0.39, 0.29) is 11.7 Å². The van der Waals surface area contributed by atoms with Gasteiger partial charge >= 0.3 is 0 Å². The molecule has 0 aromatic heterocycles. The molecule has 0 fully saturated rings. The Hall–Kier alpha value is -0.590. The summed E-state index contributed by atoms with van der Waals surface area (Å²) in [5, 5.41) is 0. The molecule has 0 atom stereocenters. The molecule has 0 aromatic carbocycles. The van der Waals surface area contributed by atoms with E-state index in [1.165, 1.54) is 6.08 Å². The molecule has 0 rings (SSSR count). The highest BCUT2D eigenvalue weighted by atomic mass is 19.1. The van der Waals surface area contributed by atoms with Gasteiger partial charge in [0.05, 0.1) is 0 Å². The van der Waals surface area contributed by atoms with Crippen LogP contribution in [0.2, 0.25) is 0 Å². The Morgan fingerprint density at radius 2 is 1.73 bits per heavy atom. The summed E-state index contributed by atoms with van der Waals surface area (Å²) in [5.41, 5.74) is 0. The molecule has 0 N–H and O–H groups in total. The number of rotatable bonds is 3. The molecule has 0 unspecified atom stereocenters. The van der Waals surface area contributed by atoms with Gasteiger partial charge < -0.3 is 0 Å². The topological polar surface area (TPSA) is 0 Å². The second-order valence-electron chi connectivity index (χ2n) is 3.34. The van der Waals surface area contributed by atoms with Gasteiger partial charge in [0.2, 0.25) is 0 Å². The first-order valence-corrected chi connectivity index (χ1v) is 4.08. The first-order chi connectivity index (χ1) is 5.04. The second-order valence-corrected chi connectivity index (χ2v) is 3.34.